The van der Waals surface area contributed by atoms with E-state index in [-0.39, 0.29) is 0 Å². The Kier molecular flexibility index (Phi) is 7.38. The van der Waals surface area contributed by atoms with Crippen LogP contribution in [0.1, 0.15) is 41.7 Å². The third-order valence-corrected chi connectivity index (χ3v) is 5.21. The number of thiophene rings is 1. The highest BCUT2D eigenvalue weighted by molar-refractivity contribution is 9.09. The first-order valence-corrected chi connectivity index (χ1v) is 9.55. The maximum Gasteiger partial charge on any atom is 0.00772 e. The molecule has 0 aliphatic carbocycles. The Hall–Kier alpha value is -0.600. The molecule has 1 heterocycles. The minimum Gasteiger partial charge on any atom is -0.149 e. The van der Waals surface area contributed by atoms with Crippen LogP contribution < -0.4 is 0 Å². The molecule has 2 heteroatoms. The summed E-state index contributed by atoms with van der Waals surface area (Å²) in [7, 11) is 0. The number of benzene rings is 1. The van der Waals surface area contributed by atoms with E-state index in [0.29, 0.717) is 0 Å². The quantitative estimate of drug-likeness (QED) is 0.382. The highest BCUT2D eigenvalue weighted by Gasteiger charge is 2.04. The molecule has 0 unspecified atom stereocenters. The number of rotatable bonds is 9. The van der Waals surface area contributed by atoms with Gasteiger partial charge in [0.15, 0.2) is 0 Å². The minimum absolute atomic E-state index is 1.14. The third-order valence-electron chi connectivity index (χ3n) is 3.63. The first kappa shape index (κ1) is 15.8. The van der Waals surface area contributed by atoms with E-state index in [0.717, 1.165) is 5.33 Å². The Morgan fingerprint density at radius 3 is 2.45 bits per heavy atom. The third kappa shape index (κ3) is 5.41. The van der Waals surface area contributed by atoms with Crippen molar-refractivity contribution in [1.82, 2.24) is 0 Å². The van der Waals surface area contributed by atoms with E-state index in [2.05, 4.69) is 57.7 Å². The summed E-state index contributed by atoms with van der Waals surface area (Å²) in [6.45, 7) is 0. The Labute approximate surface area is 135 Å². The fourth-order valence-electron chi connectivity index (χ4n) is 2.49. The molecule has 0 spiro atoms. The van der Waals surface area contributed by atoms with Gasteiger partial charge in [0.05, 0.1) is 0 Å². The summed E-state index contributed by atoms with van der Waals surface area (Å²) in [6, 6.07) is 13.1. The first-order valence-electron chi connectivity index (χ1n) is 7.55. The van der Waals surface area contributed by atoms with Crippen LogP contribution in [-0.2, 0) is 19.3 Å². The summed E-state index contributed by atoms with van der Waals surface area (Å²) in [6.07, 6.45) is 8.92. The molecule has 0 aliphatic rings. The van der Waals surface area contributed by atoms with Gasteiger partial charge in [-0.1, -0.05) is 52.7 Å². The van der Waals surface area contributed by atoms with Crippen LogP contribution in [0.3, 0.4) is 0 Å². The van der Waals surface area contributed by atoms with E-state index in [1.165, 1.54) is 50.5 Å². The van der Waals surface area contributed by atoms with Crippen LogP contribution in [0.25, 0.3) is 0 Å². The highest BCUT2D eigenvalue weighted by Crippen LogP contribution is 2.21. The lowest BCUT2D eigenvalue weighted by Gasteiger charge is -2.04. The van der Waals surface area contributed by atoms with Crippen molar-refractivity contribution in [2.75, 3.05) is 5.33 Å². The monoisotopic (exact) mass is 350 g/mol. The summed E-state index contributed by atoms with van der Waals surface area (Å²) < 4.78 is 0. The molecule has 0 saturated carbocycles. The van der Waals surface area contributed by atoms with Gasteiger partial charge in [-0.3, -0.25) is 0 Å². The number of hydrogen-bond donors (Lipinski definition) is 0. The number of hydrogen-bond acceptors (Lipinski definition) is 1. The lowest BCUT2D eigenvalue weighted by Crippen LogP contribution is -1.93. The van der Waals surface area contributed by atoms with Gasteiger partial charge in [-0.05, 0) is 61.1 Å². The van der Waals surface area contributed by atoms with Crippen LogP contribution in [0.15, 0.2) is 41.8 Å². The normalized spacial score (nSPS) is 10.8. The fourth-order valence-corrected chi connectivity index (χ4v) is 3.87. The van der Waals surface area contributed by atoms with E-state index >= 15 is 0 Å². The summed E-state index contributed by atoms with van der Waals surface area (Å²) in [4.78, 5) is 1.62. The number of unbranched alkanes of at least 4 members (excludes halogenated alkanes) is 2. The molecule has 108 valence electrons. The molecule has 2 rings (SSSR count). The Balaban J connectivity index is 1.74. The molecule has 20 heavy (non-hydrogen) atoms. The predicted molar refractivity (Wildman–Crippen MR) is 94.1 cm³/mol. The van der Waals surface area contributed by atoms with Crippen LogP contribution in [0, 0.1) is 0 Å². The Morgan fingerprint density at radius 2 is 1.65 bits per heavy atom. The molecule has 0 amide bonds. The molecule has 0 radical (unpaired) electrons. The zero-order valence-electron chi connectivity index (χ0n) is 12.0. The highest BCUT2D eigenvalue weighted by atomic mass is 79.9. The molecule has 0 fully saturated rings. The molecule has 0 aliphatic heterocycles. The van der Waals surface area contributed by atoms with Crippen molar-refractivity contribution in [1.29, 1.82) is 0 Å². The van der Waals surface area contributed by atoms with Crippen molar-refractivity contribution in [3.8, 4) is 0 Å². The number of halogens is 1. The van der Waals surface area contributed by atoms with Crippen LogP contribution in [0.2, 0.25) is 0 Å². The fraction of sp³-hybridized carbons (Fsp3) is 0.444. The second kappa shape index (κ2) is 9.36. The summed E-state index contributed by atoms with van der Waals surface area (Å²) >= 11 is 5.44. The number of alkyl halides is 1. The van der Waals surface area contributed by atoms with E-state index in [1.54, 1.807) is 10.4 Å². The van der Waals surface area contributed by atoms with Crippen LogP contribution in [-0.4, -0.2) is 5.33 Å². The zero-order valence-corrected chi connectivity index (χ0v) is 14.4. The van der Waals surface area contributed by atoms with Crippen LogP contribution in [0.5, 0.6) is 0 Å². The van der Waals surface area contributed by atoms with Gasteiger partial charge in [0.1, 0.15) is 0 Å². The van der Waals surface area contributed by atoms with Crippen molar-refractivity contribution in [2.24, 2.45) is 0 Å². The molecular weight excluding hydrogens is 328 g/mol. The van der Waals surface area contributed by atoms with Crippen molar-refractivity contribution in [3.05, 3.63) is 57.8 Å². The van der Waals surface area contributed by atoms with Gasteiger partial charge in [0, 0.05) is 10.2 Å². The topological polar surface area (TPSA) is 0 Å². The van der Waals surface area contributed by atoms with Gasteiger partial charge >= 0.3 is 0 Å². The van der Waals surface area contributed by atoms with Crippen LogP contribution in [0.4, 0.5) is 0 Å². The van der Waals surface area contributed by atoms with Gasteiger partial charge in [-0.25, -0.2) is 0 Å². The van der Waals surface area contributed by atoms with Gasteiger partial charge in [0.25, 0.3) is 0 Å². The van der Waals surface area contributed by atoms with Gasteiger partial charge in [0.2, 0.25) is 0 Å². The second-order valence-corrected chi connectivity index (χ2v) is 7.00. The van der Waals surface area contributed by atoms with Gasteiger partial charge in [-0.15, -0.1) is 11.3 Å². The summed E-state index contributed by atoms with van der Waals surface area (Å²) in [5, 5.41) is 3.40. The smallest absolute Gasteiger partial charge is 0.00772 e. The van der Waals surface area contributed by atoms with E-state index in [4.69, 9.17) is 0 Å². The molecule has 1 aromatic heterocycles. The van der Waals surface area contributed by atoms with Gasteiger partial charge in [-0.2, -0.15) is 0 Å². The number of aryl methyl sites for hydroxylation is 3. The lowest BCUT2D eigenvalue weighted by atomic mass is 10.0. The second-order valence-electron chi connectivity index (χ2n) is 5.21. The van der Waals surface area contributed by atoms with Crippen molar-refractivity contribution in [2.45, 2.75) is 44.9 Å². The zero-order chi connectivity index (χ0) is 14.0. The molecular formula is C18H23BrS. The van der Waals surface area contributed by atoms with Crippen molar-refractivity contribution < 1.29 is 0 Å². The molecule has 0 atom stereocenters. The molecule has 2 aromatic rings. The lowest BCUT2D eigenvalue weighted by molar-refractivity contribution is 0.722. The van der Waals surface area contributed by atoms with Gasteiger partial charge < -0.3 is 0 Å². The van der Waals surface area contributed by atoms with E-state index in [1.807, 2.05) is 11.3 Å². The Morgan fingerprint density at radius 1 is 0.800 bits per heavy atom. The van der Waals surface area contributed by atoms with E-state index < -0.39 is 0 Å². The summed E-state index contributed by atoms with van der Waals surface area (Å²) in [5.74, 6) is 0. The average Bonchev–Trinajstić information content (AvgIpc) is 2.92. The minimum atomic E-state index is 1.14. The van der Waals surface area contributed by atoms with Crippen LogP contribution >= 0.6 is 27.3 Å². The predicted octanol–water partition coefficient (Wildman–Crippen LogP) is 6.03. The molecule has 0 N–H and O–H groups in total. The molecule has 1 aromatic carbocycles. The molecule has 0 saturated heterocycles. The maximum atomic E-state index is 3.50. The largest absolute Gasteiger partial charge is 0.149 e. The molecule has 0 bridgehead atoms. The average molecular weight is 351 g/mol. The first-order chi connectivity index (χ1) is 9.90. The van der Waals surface area contributed by atoms with Crippen molar-refractivity contribution >= 4 is 27.3 Å². The standard InChI is InChI=1S/C18H23BrS/c19-14-6-2-5-12-18-17(13-15-20-18)11-7-10-16-8-3-1-4-9-16/h1,3-4,8-9,13,15H,2,5-7,10-12,14H2. The maximum absolute atomic E-state index is 3.50. The molecule has 0 nitrogen and oxygen atoms in total. The Bertz CT molecular complexity index is 475. The SMILES string of the molecule is BrCCCCCc1sccc1CCCc1ccccc1. The summed E-state index contributed by atoms with van der Waals surface area (Å²) in [5.41, 5.74) is 3.05. The van der Waals surface area contributed by atoms with Crippen molar-refractivity contribution in [3.63, 3.8) is 0 Å². The van der Waals surface area contributed by atoms with E-state index in [9.17, 15) is 0 Å².